The fourth-order valence-electron chi connectivity index (χ4n) is 2.43. The zero-order valence-corrected chi connectivity index (χ0v) is 11.6. The van der Waals surface area contributed by atoms with Crippen LogP contribution >= 0.6 is 11.6 Å². The average molecular weight is 280 g/mol. The lowest BCUT2D eigenvalue weighted by Gasteiger charge is -2.18. The molecule has 0 aliphatic heterocycles. The summed E-state index contributed by atoms with van der Waals surface area (Å²) in [6, 6.07) is 0.314. The van der Waals surface area contributed by atoms with E-state index in [9.17, 15) is 4.79 Å². The molecule has 0 saturated heterocycles. The van der Waals surface area contributed by atoms with E-state index < -0.39 is 0 Å². The maximum Gasteiger partial charge on any atom is 0.292 e. The summed E-state index contributed by atoms with van der Waals surface area (Å²) in [5.74, 6) is 2.41. The zero-order valence-electron chi connectivity index (χ0n) is 10.9. The van der Waals surface area contributed by atoms with Crippen LogP contribution in [0.25, 0.3) is 0 Å². The third kappa shape index (κ3) is 3.51. The summed E-state index contributed by atoms with van der Waals surface area (Å²) in [6.45, 7) is 0.162. The van der Waals surface area contributed by atoms with Crippen molar-refractivity contribution in [1.29, 1.82) is 0 Å². The first-order valence-electron chi connectivity index (χ1n) is 6.68. The molecule has 1 aliphatic rings. The number of hydrogen-bond donors (Lipinski definition) is 1. The van der Waals surface area contributed by atoms with E-state index in [2.05, 4.69) is 16.3 Å². The Morgan fingerprint density at radius 3 is 2.74 bits per heavy atom. The molecule has 1 aliphatic carbocycles. The molecule has 19 heavy (non-hydrogen) atoms. The van der Waals surface area contributed by atoms with Crippen molar-refractivity contribution in [2.24, 2.45) is 0 Å². The Balaban J connectivity index is 2.21. The molecule has 0 spiro atoms. The van der Waals surface area contributed by atoms with Gasteiger partial charge in [0.25, 0.3) is 5.56 Å². The van der Waals surface area contributed by atoms with Crippen molar-refractivity contribution in [3.63, 3.8) is 0 Å². The summed E-state index contributed by atoms with van der Waals surface area (Å²) >= 11 is 6.07. The number of hydrogen-bond acceptors (Lipinski definition) is 3. The van der Waals surface area contributed by atoms with Crippen molar-refractivity contribution in [3.8, 4) is 12.3 Å². The smallest absolute Gasteiger partial charge is 0.292 e. The average Bonchev–Trinajstić information content (AvgIpc) is 2.67. The Hall–Kier alpha value is -1.47. The number of terminal acetylenes is 1. The predicted octanol–water partition coefficient (Wildman–Crippen LogP) is 2.66. The van der Waals surface area contributed by atoms with Crippen LogP contribution in [0.4, 0.5) is 5.69 Å². The van der Waals surface area contributed by atoms with E-state index >= 15 is 0 Å². The Kier molecular flexibility index (Phi) is 4.86. The molecule has 0 amide bonds. The molecule has 102 valence electrons. The number of nitrogens with one attached hydrogen (secondary N) is 1. The molecular formula is C14H18ClN3O. The van der Waals surface area contributed by atoms with Gasteiger partial charge in [0.1, 0.15) is 12.2 Å². The first kappa shape index (κ1) is 14.0. The molecular weight excluding hydrogens is 262 g/mol. The molecule has 1 heterocycles. The summed E-state index contributed by atoms with van der Waals surface area (Å²) in [5, 5.41) is 7.58. The van der Waals surface area contributed by atoms with Crippen LogP contribution in [-0.2, 0) is 6.54 Å². The second kappa shape index (κ2) is 6.63. The van der Waals surface area contributed by atoms with Crippen LogP contribution in [-0.4, -0.2) is 15.8 Å². The van der Waals surface area contributed by atoms with Gasteiger partial charge in [-0.25, -0.2) is 4.68 Å². The molecule has 0 unspecified atom stereocenters. The molecule has 0 aromatic carbocycles. The highest BCUT2D eigenvalue weighted by molar-refractivity contribution is 6.33. The van der Waals surface area contributed by atoms with Gasteiger partial charge in [0.2, 0.25) is 0 Å². The SMILES string of the molecule is C#CCn1ncc(Cl)c(NC2CCCCCC2)c1=O. The lowest BCUT2D eigenvalue weighted by Crippen LogP contribution is -2.29. The minimum absolute atomic E-state index is 0.162. The third-order valence-electron chi connectivity index (χ3n) is 3.44. The summed E-state index contributed by atoms with van der Waals surface area (Å²) in [4.78, 5) is 12.2. The molecule has 0 radical (unpaired) electrons. The minimum atomic E-state index is -0.241. The third-order valence-corrected chi connectivity index (χ3v) is 3.73. The number of anilines is 1. The van der Waals surface area contributed by atoms with Crippen molar-refractivity contribution in [2.75, 3.05) is 5.32 Å². The highest BCUT2D eigenvalue weighted by Gasteiger charge is 2.16. The summed E-state index contributed by atoms with van der Waals surface area (Å²) in [5.41, 5.74) is 0.188. The van der Waals surface area contributed by atoms with Crippen LogP contribution in [0, 0.1) is 12.3 Å². The maximum atomic E-state index is 12.2. The Morgan fingerprint density at radius 2 is 2.11 bits per heavy atom. The van der Waals surface area contributed by atoms with Gasteiger partial charge in [0.05, 0.1) is 11.2 Å². The minimum Gasteiger partial charge on any atom is -0.377 e. The summed E-state index contributed by atoms with van der Waals surface area (Å²) < 4.78 is 1.25. The van der Waals surface area contributed by atoms with Crippen LogP contribution < -0.4 is 10.9 Å². The predicted molar refractivity (Wildman–Crippen MR) is 77.5 cm³/mol. The summed E-state index contributed by atoms with van der Waals surface area (Å²) in [6.07, 6.45) is 13.8. The van der Waals surface area contributed by atoms with Crippen molar-refractivity contribution < 1.29 is 0 Å². The van der Waals surface area contributed by atoms with Gasteiger partial charge in [-0.1, -0.05) is 43.2 Å². The number of rotatable bonds is 3. The Morgan fingerprint density at radius 1 is 1.42 bits per heavy atom. The Bertz CT molecular complexity index is 524. The van der Waals surface area contributed by atoms with Crippen LogP contribution in [0.5, 0.6) is 0 Å². The fraction of sp³-hybridized carbons (Fsp3) is 0.571. The Labute approximate surface area is 118 Å². The molecule has 0 atom stereocenters. The molecule has 0 bridgehead atoms. The van der Waals surface area contributed by atoms with E-state index in [1.54, 1.807) is 0 Å². The number of halogens is 1. The highest BCUT2D eigenvalue weighted by Crippen LogP contribution is 2.23. The van der Waals surface area contributed by atoms with Crippen LogP contribution in [0.3, 0.4) is 0 Å². The molecule has 1 saturated carbocycles. The first-order valence-corrected chi connectivity index (χ1v) is 7.06. The number of aromatic nitrogens is 2. The van der Waals surface area contributed by atoms with Crippen molar-refractivity contribution in [2.45, 2.75) is 51.1 Å². The maximum absolute atomic E-state index is 12.2. The van der Waals surface area contributed by atoms with Gasteiger partial charge in [-0.3, -0.25) is 4.79 Å². The van der Waals surface area contributed by atoms with Crippen molar-refractivity contribution >= 4 is 17.3 Å². The van der Waals surface area contributed by atoms with E-state index in [4.69, 9.17) is 18.0 Å². The van der Waals surface area contributed by atoms with E-state index in [0.717, 1.165) is 12.8 Å². The standard InChI is InChI=1S/C14H18ClN3O/c1-2-9-18-14(19)13(12(15)10-16-18)17-11-7-5-3-4-6-8-11/h1,10-11,17H,3-9H2. The second-order valence-corrected chi connectivity index (χ2v) is 5.27. The van der Waals surface area contributed by atoms with E-state index in [-0.39, 0.29) is 12.1 Å². The van der Waals surface area contributed by atoms with Gasteiger partial charge in [-0.05, 0) is 12.8 Å². The van der Waals surface area contributed by atoms with E-state index in [1.165, 1.54) is 36.6 Å². The zero-order chi connectivity index (χ0) is 13.7. The largest absolute Gasteiger partial charge is 0.377 e. The topological polar surface area (TPSA) is 46.9 Å². The first-order chi connectivity index (χ1) is 9.22. The van der Waals surface area contributed by atoms with Gasteiger partial charge in [-0.2, -0.15) is 5.10 Å². The van der Waals surface area contributed by atoms with E-state index in [0.29, 0.717) is 16.8 Å². The highest BCUT2D eigenvalue weighted by atomic mass is 35.5. The normalized spacial score (nSPS) is 16.6. The quantitative estimate of drug-likeness (QED) is 0.683. The van der Waals surface area contributed by atoms with E-state index in [1.807, 2.05) is 0 Å². The van der Waals surface area contributed by atoms with Gasteiger partial charge in [0, 0.05) is 6.04 Å². The monoisotopic (exact) mass is 279 g/mol. The van der Waals surface area contributed by atoms with Gasteiger partial charge >= 0.3 is 0 Å². The molecule has 2 rings (SSSR count). The lowest BCUT2D eigenvalue weighted by atomic mass is 10.1. The molecule has 4 nitrogen and oxygen atoms in total. The number of nitrogens with zero attached hydrogens (tertiary/aromatic N) is 2. The van der Waals surface area contributed by atoms with Gasteiger partial charge < -0.3 is 5.32 Å². The molecule has 1 aromatic rings. The molecule has 1 fully saturated rings. The van der Waals surface area contributed by atoms with Crippen molar-refractivity contribution in [3.05, 3.63) is 21.6 Å². The van der Waals surface area contributed by atoms with Crippen molar-refractivity contribution in [1.82, 2.24) is 9.78 Å². The summed E-state index contributed by atoms with van der Waals surface area (Å²) in [7, 11) is 0. The lowest BCUT2D eigenvalue weighted by molar-refractivity contribution is 0.611. The van der Waals surface area contributed by atoms with Crippen LogP contribution in [0.1, 0.15) is 38.5 Å². The van der Waals surface area contributed by atoms with Crippen LogP contribution in [0.2, 0.25) is 5.02 Å². The fourth-order valence-corrected chi connectivity index (χ4v) is 2.61. The molecule has 1 aromatic heterocycles. The van der Waals surface area contributed by atoms with Gasteiger partial charge in [0.15, 0.2) is 0 Å². The molecule has 1 N–H and O–H groups in total. The second-order valence-electron chi connectivity index (χ2n) is 4.87. The van der Waals surface area contributed by atoms with Gasteiger partial charge in [-0.15, -0.1) is 6.42 Å². The van der Waals surface area contributed by atoms with Crippen LogP contribution in [0.15, 0.2) is 11.0 Å². The molecule has 5 heteroatoms.